The van der Waals surface area contributed by atoms with Crippen molar-refractivity contribution in [2.24, 2.45) is 0 Å². The molecule has 102 valence electrons. The Hall–Kier alpha value is -0.670. The second kappa shape index (κ2) is 4.78. The van der Waals surface area contributed by atoms with Gasteiger partial charge in [0.2, 0.25) is 0 Å². The van der Waals surface area contributed by atoms with Gasteiger partial charge in [0.1, 0.15) is 0 Å². The van der Waals surface area contributed by atoms with Gasteiger partial charge in [0.25, 0.3) is 0 Å². The third kappa shape index (κ3) is 3.66. The molecule has 0 amide bonds. The lowest BCUT2D eigenvalue weighted by Gasteiger charge is -2.17. The van der Waals surface area contributed by atoms with E-state index in [4.69, 9.17) is 12.2 Å². The van der Waals surface area contributed by atoms with Crippen molar-refractivity contribution in [2.75, 3.05) is 17.3 Å². The lowest BCUT2D eigenvalue weighted by molar-refractivity contribution is 0.600. The molecule has 6 nitrogen and oxygen atoms in total. The Labute approximate surface area is 112 Å². The fraction of sp³-hybridized carbons (Fsp3) is 0.667. The molecule has 2 N–H and O–H groups in total. The third-order valence-corrected chi connectivity index (χ3v) is 6.21. The van der Waals surface area contributed by atoms with E-state index >= 15 is 0 Å². The summed E-state index contributed by atoms with van der Waals surface area (Å²) < 4.78 is 44.9. The van der Waals surface area contributed by atoms with Crippen molar-refractivity contribution in [3.8, 4) is 0 Å². The minimum atomic E-state index is -3.11. The van der Waals surface area contributed by atoms with Gasteiger partial charge in [-0.2, -0.15) is 0 Å². The van der Waals surface area contributed by atoms with Gasteiger partial charge < -0.3 is 10.6 Å². The second-order valence-corrected chi connectivity index (χ2v) is 9.05. The predicted octanol–water partition coefficient (Wildman–Crippen LogP) is -1.05. The Kier molecular flexibility index (Phi) is 3.65. The molecule has 2 aliphatic heterocycles. The number of rotatable bonds is 2. The molecule has 0 aliphatic carbocycles. The Morgan fingerprint density at radius 3 is 2.39 bits per heavy atom. The molecule has 0 radical (unpaired) electrons. The molecule has 0 aromatic heterocycles. The molecule has 0 bridgehead atoms. The highest BCUT2D eigenvalue weighted by Gasteiger charge is 2.29. The lowest BCUT2D eigenvalue weighted by atomic mass is 10.3. The van der Waals surface area contributed by atoms with Crippen LogP contribution < -0.4 is 10.6 Å². The van der Waals surface area contributed by atoms with E-state index in [0.29, 0.717) is 11.5 Å². The number of hydrogen-bond acceptors (Lipinski definition) is 5. The zero-order chi connectivity index (χ0) is 13.4. The summed E-state index contributed by atoms with van der Waals surface area (Å²) in [4.78, 5) is 0. The van der Waals surface area contributed by atoms with Gasteiger partial charge in [-0.05, 0) is 24.7 Å². The number of nitrogens with one attached hydrogen (secondary N) is 2. The molecule has 0 spiro atoms. The first kappa shape index (κ1) is 13.8. The largest absolute Gasteiger partial charge is 0.359 e. The van der Waals surface area contributed by atoms with E-state index in [-0.39, 0.29) is 29.3 Å². The molecule has 18 heavy (non-hydrogen) atoms. The van der Waals surface area contributed by atoms with E-state index in [1.165, 1.54) is 6.08 Å². The number of sulfone groups is 2. The van der Waals surface area contributed by atoms with Gasteiger partial charge in [0, 0.05) is 11.4 Å². The molecule has 1 fully saturated rings. The zero-order valence-corrected chi connectivity index (χ0v) is 11.9. The van der Waals surface area contributed by atoms with Gasteiger partial charge in [-0.15, -0.1) is 0 Å². The summed E-state index contributed by atoms with van der Waals surface area (Å²) in [5, 5.41) is 7.20. The van der Waals surface area contributed by atoms with E-state index < -0.39 is 19.7 Å². The van der Waals surface area contributed by atoms with Crippen LogP contribution in [0.15, 0.2) is 11.5 Å². The van der Waals surface area contributed by atoms with Gasteiger partial charge in [-0.25, -0.2) is 16.8 Å². The summed E-state index contributed by atoms with van der Waals surface area (Å²) in [6, 6.07) is -0.523. The summed E-state index contributed by atoms with van der Waals surface area (Å²) >= 11 is 5.03. The molecule has 0 unspecified atom stereocenters. The first-order chi connectivity index (χ1) is 8.26. The van der Waals surface area contributed by atoms with E-state index in [2.05, 4.69) is 10.6 Å². The zero-order valence-electron chi connectivity index (χ0n) is 9.50. The second-order valence-electron chi connectivity index (χ2n) is 4.48. The number of thiocarbonyl (C=S) groups is 1. The highest BCUT2D eigenvalue weighted by Crippen LogP contribution is 2.11. The predicted molar refractivity (Wildman–Crippen MR) is 72.6 cm³/mol. The van der Waals surface area contributed by atoms with E-state index in [1.807, 2.05) is 0 Å². The van der Waals surface area contributed by atoms with E-state index in [0.717, 1.165) is 5.41 Å². The molecule has 0 aromatic rings. The SMILES string of the molecule is O=S1(=O)C=C[C@@H](NC(=S)N[C@H]2CCS(=O)(=O)C2)C1. The summed E-state index contributed by atoms with van der Waals surface area (Å²) in [6.45, 7) is 0. The molecule has 9 heteroatoms. The number of hydrogen-bond donors (Lipinski definition) is 2. The highest BCUT2D eigenvalue weighted by molar-refractivity contribution is 7.94. The van der Waals surface area contributed by atoms with Gasteiger partial charge >= 0.3 is 0 Å². The van der Waals surface area contributed by atoms with Crippen molar-refractivity contribution in [1.29, 1.82) is 0 Å². The van der Waals surface area contributed by atoms with Crippen LogP contribution >= 0.6 is 12.2 Å². The van der Waals surface area contributed by atoms with Crippen molar-refractivity contribution in [1.82, 2.24) is 10.6 Å². The molecule has 2 heterocycles. The Morgan fingerprint density at radius 2 is 1.89 bits per heavy atom. The molecule has 2 rings (SSSR count). The summed E-state index contributed by atoms with van der Waals surface area (Å²) in [5.74, 6) is 0.233. The van der Waals surface area contributed by atoms with E-state index in [1.54, 1.807) is 0 Å². The average molecular weight is 310 g/mol. The molecular formula is C9H14N2O4S3. The van der Waals surface area contributed by atoms with Crippen LogP contribution in [0.4, 0.5) is 0 Å². The topological polar surface area (TPSA) is 92.3 Å². The molecule has 1 saturated heterocycles. The average Bonchev–Trinajstić information content (AvgIpc) is 2.69. The lowest BCUT2D eigenvalue weighted by Crippen LogP contribution is -2.46. The van der Waals surface area contributed by atoms with Gasteiger partial charge in [-0.1, -0.05) is 0 Å². The van der Waals surface area contributed by atoms with Crippen LogP contribution in [0, 0.1) is 0 Å². The smallest absolute Gasteiger partial charge is 0.173 e. The standard InChI is InChI=1S/C9H14N2O4S3/c12-17(13)3-1-7(5-17)10-9(16)11-8-2-4-18(14,15)6-8/h1,3,7-8H,2,4-6H2,(H2,10,11,16)/t7-,8+/m1/s1. The Balaban J connectivity index is 1.82. The first-order valence-corrected chi connectivity index (χ1v) is 9.39. The van der Waals surface area contributed by atoms with Crippen molar-refractivity contribution in [3.05, 3.63) is 11.5 Å². The summed E-state index contributed by atoms with van der Waals surface area (Å²) in [6.07, 6.45) is 2.07. The van der Waals surface area contributed by atoms with Crippen LogP contribution in [-0.2, 0) is 19.7 Å². The van der Waals surface area contributed by atoms with Crippen molar-refractivity contribution >= 4 is 37.0 Å². The maximum Gasteiger partial charge on any atom is 0.173 e. The molecular weight excluding hydrogens is 296 g/mol. The minimum absolute atomic E-state index is 0.0161. The van der Waals surface area contributed by atoms with Crippen LogP contribution in [0.5, 0.6) is 0 Å². The van der Waals surface area contributed by atoms with Crippen molar-refractivity contribution in [2.45, 2.75) is 18.5 Å². The fourth-order valence-electron chi connectivity index (χ4n) is 1.97. The highest BCUT2D eigenvalue weighted by atomic mass is 32.2. The molecule has 0 saturated carbocycles. The Bertz CT molecular complexity index is 579. The summed E-state index contributed by atoms with van der Waals surface area (Å²) in [5.41, 5.74) is 0. The maximum absolute atomic E-state index is 11.3. The van der Waals surface area contributed by atoms with Gasteiger partial charge in [0.15, 0.2) is 24.8 Å². The van der Waals surface area contributed by atoms with Crippen LogP contribution in [-0.4, -0.2) is 51.3 Å². The van der Waals surface area contributed by atoms with Crippen molar-refractivity contribution < 1.29 is 16.8 Å². The Morgan fingerprint density at radius 1 is 1.17 bits per heavy atom. The monoisotopic (exact) mass is 310 g/mol. The normalized spacial score (nSPS) is 32.2. The minimum Gasteiger partial charge on any atom is -0.359 e. The summed E-state index contributed by atoms with van der Waals surface area (Å²) in [7, 11) is -6.06. The van der Waals surface area contributed by atoms with Gasteiger partial charge in [0.05, 0.1) is 23.3 Å². The quantitative estimate of drug-likeness (QED) is 0.629. The van der Waals surface area contributed by atoms with Crippen LogP contribution in [0.25, 0.3) is 0 Å². The molecule has 2 aliphatic rings. The van der Waals surface area contributed by atoms with E-state index in [9.17, 15) is 16.8 Å². The maximum atomic E-state index is 11.3. The van der Waals surface area contributed by atoms with Crippen LogP contribution in [0.1, 0.15) is 6.42 Å². The van der Waals surface area contributed by atoms with Crippen LogP contribution in [0.3, 0.4) is 0 Å². The fourth-order valence-corrected chi connectivity index (χ4v) is 5.20. The third-order valence-electron chi connectivity index (χ3n) is 2.81. The molecule has 0 aromatic carbocycles. The van der Waals surface area contributed by atoms with Crippen LogP contribution in [0.2, 0.25) is 0 Å². The first-order valence-electron chi connectivity index (χ1n) is 5.44. The van der Waals surface area contributed by atoms with Gasteiger partial charge in [-0.3, -0.25) is 0 Å². The molecule has 2 atom stereocenters. The van der Waals surface area contributed by atoms with Crippen molar-refractivity contribution in [3.63, 3.8) is 0 Å².